The standard InChI is InChI=1S/C17H27N3O.ClH/c1-4-12(2)19-17(21)13(3)20-10-15(16(18)11-20)14-8-6-5-7-9-14;/h5-9,12-13,15-16H,4,10-11,18H2,1-3H3,(H,19,21);1H/t12?,13?,15-,16+;/m0./s1. The van der Waals surface area contributed by atoms with Gasteiger partial charge in [0, 0.05) is 31.1 Å². The molecule has 22 heavy (non-hydrogen) atoms. The molecule has 1 aromatic carbocycles. The van der Waals surface area contributed by atoms with Crippen LogP contribution in [0.3, 0.4) is 0 Å². The Morgan fingerprint density at radius 3 is 2.55 bits per heavy atom. The van der Waals surface area contributed by atoms with E-state index in [4.69, 9.17) is 5.73 Å². The minimum absolute atomic E-state index is 0. The Hall–Kier alpha value is -1.10. The molecular weight excluding hydrogens is 298 g/mol. The number of halogens is 1. The van der Waals surface area contributed by atoms with Gasteiger partial charge in [0.15, 0.2) is 0 Å². The molecule has 1 saturated heterocycles. The van der Waals surface area contributed by atoms with Crippen molar-refractivity contribution in [2.45, 2.75) is 51.2 Å². The zero-order valence-electron chi connectivity index (χ0n) is 13.7. The lowest BCUT2D eigenvalue weighted by molar-refractivity contribution is -0.126. The summed E-state index contributed by atoms with van der Waals surface area (Å²) in [4.78, 5) is 14.5. The van der Waals surface area contributed by atoms with Gasteiger partial charge in [-0.3, -0.25) is 9.69 Å². The second-order valence-corrected chi connectivity index (χ2v) is 6.13. The number of amides is 1. The van der Waals surface area contributed by atoms with Crippen LogP contribution in [0.5, 0.6) is 0 Å². The van der Waals surface area contributed by atoms with E-state index in [2.05, 4.69) is 29.3 Å². The summed E-state index contributed by atoms with van der Waals surface area (Å²) in [5.41, 5.74) is 7.56. The number of likely N-dealkylation sites (tertiary alicyclic amines) is 1. The topological polar surface area (TPSA) is 58.4 Å². The maximum absolute atomic E-state index is 12.3. The number of rotatable bonds is 5. The summed E-state index contributed by atoms with van der Waals surface area (Å²) in [5, 5.41) is 3.05. The molecule has 1 aromatic rings. The molecule has 2 unspecified atom stereocenters. The van der Waals surface area contributed by atoms with Crippen LogP contribution in [0.1, 0.15) is 38.7 Å². The van der Waals surface area contributed by atoms with Gasteiger partial charge in [-0.25, -0.2) is 0 Å². The van der Waals surface area contributed by atoms with Crippen LogP contribution < -0.4 is 11.1 Å². The summed E-state index contributed by atoms with van der Waals surface area (Å²) in [5.74, 6) is 0.412. The van der Waals surface area contributed by atoms with Crippen LogP contribution in [0.15, 0.2) is 30.3 Å². The molecule has 4 nitrogen and oxygen atoms in total. The highest BCUT2D eigenvalue weighted by Crippen LogP contribution is 2.27. The first-order valence-electron chi connectivity index (χ1n) is 7.87. The van der Waals surface area contributed by atoms with Crippen molar-refractivity contribution in [3.05, 3.63) is 35.9 Å². The fourth-order valence-corrected chi connectivity index (χ4v) is 2.86. The molecule has 0 bridgehead atoms. The first kappa shape index (κ1) is 18.9. The van der Waals surface area contributed by atoms with E-state index in [-0.39, 0.29) is 36.4 Å². The summed E-state index contributed by atoms with van der Waals surface area (Å²) >= 11 is 0. The van der Waals surface area contributed by atoms with Crippen molar-refractivity contribution in [2.75, 3.05) is 13.1 Å². The van der Waals surface area contributed by atoms with Gasteiger partial charge in [0.2, 0.25) is 5.91 Å². The molecule has 0 spiro atoms. The molecule has 2 rings (SSSR count). The van der Waals surface area contributed by atoms with Crippen LogP contribution in [0, 0.1) is 0 Å². The predicted molar refractivity (Wildman–Crippen MR) is 93.3 cm³/mol. The van der Waals surface area contributed by atoms with Gasteiger partial charge in [0.25, 0.3) is 0 Å². The van der Waals surface area contributed by atoms with Crippen LogP contribution in [0.2, 0.25) is 0 Å². The molecular formula is C17H28ClN3O. The Balaban J connectivity index is 0.00000242. The summed E-state index contributed by atoms with van der Waals surface area (Å²) in [6.45, 7) is 7.70. The van der Waals surface area contributed by atoms with E-state index in [9.17, 15) is 4.79 Å². The minimum Gasteiger partial charge on any atom is -0.352 e. The van der Waals surface area contributed by atoms with E-state index in [0.29, 0.717) is 5.92 Å². The highest BCUT2D eigenvalue weighted by molar-refractivity contribution is 5.85. The van der Waals surface area contributed by atoms with Crippen molar-refractivity contribution in [3.63, 3.8) is 0 Å². The van der Waals surface area contributed by atoms with E-state index < -0.39 is 0 Å². The average Bonchev–Trinajstić information content (AvgIpc) is 2.89. The molecule has 1 heterocycles. The minimum atomic E-state index is -0.126. The van der Waals surface area contributed by atoms with Gasteiger partial charge in [-0.05, 0) is 25.8 Å². The fourth-order valence-electron chi connectivity index (χ4n) is 2.86. The van der Waals surface area contributed by atoms with Crippen molar-refractivity contribution in [3.8, 4) is 0 Å². The van der Waals surface area contributed by atoms with E-state index in [1.54, 1.807) is 0 Å². The number of hydrogen-bond donors (Lipinski definition) is 2. The Labute approximate surface area is 139 Å². The van der Waals surface area contributed by atoms with Crippen molar-refractivity contribution in [1.29, 1.82) is 0 Å². The molecule has 3 N–H and O–H groups in total. The number of nitrogens with zero attached hydrogens (tertiary/aromatic N) is 1. The molecule has 124 valence electrons. The summed E-state index contributed by atoms with van der Waals surface area (Å²) in [6.07, 6.45) is 0.949. The average molecular weight is 326 g/mol. The van der Waals surface area contributed by atoms with Crippen LogP contribution >= 0.6 is 12.4 Å². The largest absolute Gasteiger partial charge is 0.352 e. The van der Waals surface area contributed by atoms with Gasteiger partial charge in [-0.2, -0.15) is 0 Å². The SMILES string of the molecule is CCC(C)NC(=O)C(C)N1C[C@@H](N)[C@H](c2ccccc2)C1.Cl. The maximum Gasteiger partial charge on any atom is 0.237 e. The van der Waals surface area contributed by atoms with Crippen LogP contribution in [-0.2, 0) is 4.79 Å². The summed E-state index contributed by atoms with van der Waals surface area (Å²) < 4.78 is 0. The van der Waals surface area contributed by atoms with Gasteiger partial charge >= 0.3 is 0 Å². The van der Waals surface area contributed by atoms with Crippen LogP contribution in [0.25, 0.3) is 0 Å². The second-order valence-electron chi connectivity index (χ2n) is 6.13. The highest BCUT2D eigenvalue weighted by Gasteiger charge is 2.35. The van der Waals surface area contributed by atoms with Crippen LogP contribution in [-0.4, -0.2) is 42.0 Å². The van der Waals surface area contributed by atoms with Crippen molar-refractivity contribution < 1.29 is 4.79 Å². The van der Waals surface area contributed by atoms with Crippen molar-refractivity contribution in [2.24, 2.45) is 5.73 Å². The van der Waals surface area contributed by atoms with E-state index >= 15 is 0 Å². The third-order valence-corrected chi connectivity index (χ3v) is 4.55. The van der Waals surface area contributed by atoms with Gasteiger partial charge in [-0.1, -0.05) is 37.3 Å². The molecule has 5 heteroatoms. The lowest BCUT2D eigenvalue weighted by Crippen LogP contribution is -2.47. The highest BCUT2D eigenvalue weighted by atomic mass is 35.5. The number of carbonyl (C=O) groups excluding carboxylic acids is 1. The summed E-state index contributed by atoms with van der Waals surface area (Å²) in [6, 6.07) is 10.5. The van der Waals surface area contributed by atoms with Crippen molar-refractivity contribution in [1.82, 2.24) is 10.2 Å². The third kappa shape index (κ3) is 4.45. The number of benzene rings is 1. The second kappa shape index (κ2) is 8.51. The number of carbonyl (C=O) groups is 1. The number of nitrogens with one attached hydrogen (secondary N) is 1. The zero-order valence-corrected chi connectivity index (χ0v) is 14.5. The Kier molecular flexibility index (Phi) is 7.33. The molecule has 0 aliphatic carbocycles. The lowest BCUT2D eigenvalue weighted by Gasteiger charge is -2.25. The molecule has 0 aromatic heterocycles. The first-order chi connectivity index (χ1) is 10.0. The fraction of sp³-hybridized carbons (Fsp3) is 0.588. The zero-order chi connectivity index (χ0) is 15.4. The monoisotopic (exact) mass is 325 g/mol. The van der Waals surface area contributed by atoms with E-state index in [0.717, 1.165) is 19.5 Å². The smallest absolute Gasteiger partial charge is 0.237 e. The molecule has 4 atom stereocenters. The van der Waals surface area contributed by atoms with Gasteiger partial charge < -0.3 is 11.1 Å². The lowest BCUT2D eigenvalue weighted by atomic mass is 9.95. The van der Waals surface area contributed by atoms with Gasteiger partial charge in [0.05, 0.1) is 6.04 Å². The molecule has 1 aliphatic rings. The molecule has 1 amide bonds. The van der Waals surface area contributed by atoms with Crippen molar-refractivity contribution >= 4 is 18.3 Å². The molecule has 0 saturated carbocycles. The number of nitrogens with two attached hydrogens (primary N) is 1. The Bertz CT molecular complexity index is 468. The molecule has 1 aliphatic heterocycles. The van der Waals surface area contributed by atoms with Gasteiger partial charge in [-0.15, -0.1) is 12.4 Å². The van der Waals surface area contributed by atoms with Gasteiger partial charge in [0.1, 0.15) is 0 Å². The third-order valence-electron chi connectivity index (χ3n) is 4.55. The summed E-state index contributed by atoms with van der Waals surface area (Å²) in [7, 11) is 0. The molecule has 1 fully saturated rings. The quantitative estimate of drug-likeness (QED) is 0.872. The Morgan fingerprint density at radius 1 is 1.32 bits per heavy atom. The number of hydrogen-bond acceptors (Lipinski definition) is 3. The van der Waals surface area contributed by atoms with E-state index in [1.807, 2.05) is 32.0 Å². The maximum atomic E-state index is 12.3. The predicted octanol–water partition coefficient (Wildman–Crippen LogP) is 2.14. The van der Waals surface area contributed by atoms with E-state index in [1.165, 1.54) is 5.56 Å². The van der Waals surface area contributed by atoms with Crippen LogP contribution in [0.4, 0.5) is 0 Å². The molecule has 0 radical (unpaired) electrons. The first-order valence-corrected chi connectivity index (χ1v) is 7.87. The Morgan fingerprint density at radius 2 is 1.95 bits per heavy atom. The normalized spacial score (nSPS) is 24.4.